The van der Waals surface area contributed by atoms with Gasteiger partial charge in [0.25, 0.3) is 0 Å². The molecule has 0 atom stereocenters. The highest BCUT2D eigenvalue weighted by Gasteiger charge is 2.14. The molecule has 1 aromatic rings. The van der Waals surface area contributed by atoms with Crippen molar-refractivity contribution >= 4 is 5.69 Å². The first kappa shape index (κ1) is 10.3. The topological polar surface area (TPSA) is 46.2 Å². The third-order valence-electron chi connectivity index (χ3n) is 3.34. The molecule has 0 spiro atoms. The molecule has 1 fully saturated rings. The Labute approximate surface area is 91.1 Å². The van der Waals surface area contributed by atoms with Gasteiger partial charge in [0, 0.05) is 0 Å². The second-order valence-corrected chi connectivity index (χ2v) is 4.60. The number of hydrogen-bond donors (Lipinski definition) is 2. The van der Waals surface area contributed by atoms with E-state index in [1.54, 1.807) is 6.07 Å². The number of phenols is 1. The van der Waals surface area contributed by atoms with E-state index in [1.165, 1.54) is 37.7 Å². The lowest BCUT2D eigenvalue weighted by molar-refractivity contribution is 0.356. The van der Waals surface area contributed by atoms with Crippen LogP contribution in [0.5, 0.6) is 5.75 Å². The van der Waals surface area contributed by atoms with E-state index < -0.39 is 0 Å². The van der Waals surface area contributed by atoms with Gasteiger partial charge in [0.05, 0.1) is 5.69 Å². The predicted molar refractivity (Wildman–Crippen MR) is 62.8 cm³/mol. The van der Waals surface area contributed by atoms with Crippen molar-refractivity contribution in [2.24, 2.45) is 5.92 Å². The van der Waals surface area contributed by atoms with Crippen molar-refractivity contribution < 1.29 is 5.11 Å². The number of aromatic hydroxyl groups is 1. The number of phenolic OH excluding ortho intramolecular Hbond substituents is 1. The van der Waals surface area contributed by atoms with E-state index >= 15 is 0 Å². The maximum absolute atomic E-state index is 9.50. The van der Waals surface area contributed by atoms with E-state index in [0.717, 1.165) is 12.3 Å². The molecule has 1 aromatic carbocycles. The molecule has 0 aromatic heterocycles. The molecule has 2 rings (SSSR count). The fourth-order valence-corrected chi connectivity index (χ4v) is 2.44. The Kier molecular flexibility index (Phi) is 3.14. The zero-order chi connectivity index (χ0) is 10.7. The lowest BCUT2D eigenvalue weighted by Crippen LogP contribution is -2.09. The summed E-state index contributed by atoms with van der Waals surface area (Å²) in [7, 11) is 0. The van der Waals surface area contributed by atoms with Crippen molar-refractivity contribution in [2.75, 3.05) is 5.73 Å². The summed E-state index contributed by atoms with van der Waals surface area (Å²) < 4.78 is 0. The Hall–Kier alpha value is -1.18. The zero-order valence-electron chi connectivity index (χ0n) is 9.08. The molecular weight excluding hydrogens is 186 g/mol. The minimum atomic E-state index is 0.225. The molecule has 15 heavy (non-hydrogen) atoms. The first-order chi connectivity index (χ1) is 7.25. The van der Waals surface area contributed by atoms with Gasteiger partial charge in [-0.2, -0.15) is 0 Å². The van der Waals surface area contributed by atoms with Gasteiger partial charge in [0.1, 0.15) is 5.75 Å². The quantitative estimate of drug-likeness (QED) is 0.575. The van der Waals surface area contributed by atoms with Crippen molar-refractivity contribution in [1.82, 2.24) is 0 Å². The Morgan fingerprint density at radius 3 is 2.60 bits per heavy atom. The normalized spacial score (nSPS) is 17.9. The summed E-state index contributed by atoms with van der Waals surface area (Å²) in [5.41, 5.74) is 7.26. The Morgan fingerprint density at radius 1 is 1.20 bits per heavy atom. The van der Waals surface area contributed by atoms with Crippen LogP contribution in [0.2, 0.25) is 0 Å². The second kappa shape index (κ2) is 4.56. The Bertz CT molecular complexity index is 329. The first-order valence-corrected chi connectivity index (χ1v) is 5.83. The molecule has 3 N–H and O–H groups in total. The van der Waals surface area contributed by atoms with Gasteiger partial charge >= 0.3 is 0 Å². The molecule has 0 saturated heterocycles. The fourth-order valence-electron chi connectivity index (χ4n) is 2.44. The molecule has 0 bridgehead atoms. The van der Waals surface area contributed by atoms with Crippen LogP contribution in [0.4, 0.5) is 5.69 Å². The molecule has 0 heterocycles. The van der Waals surface area contributed by atoms with E-state index in [0.29, 0.717) is 5.69 Å². The molecule has 1 aliphatic rings. The number of benzene rings is 1. The highest BCUT2D eigenvalue weighted by atomic mass is 16.3. The van der Waals surface area contributed by atoms with Crippen molar-refractivity contribution in [1.29, 1.82) is 0 Å². The van der Waals surface area contributed by atoms with Gasteiger partial charge in [0.2, 0.25) is 0 Å². The van der Waals surface area contributed by atoms with Crippen LogP contribution in [-0.4, -0.2) is 5.11 Å². The molecule has 0 radical (unpaired) electrons. The lowest BCUT2D eigenvalue weighted by Gasteiger charge is -2.21. The number of nitrogen functional groups attached to an aromatic ring is 1. The average Bonchev–Trinajstić information content (AvgIpc) is 2.25. The summed E-state index contributed by atoms with van der Waals surface area (Å²) in [4.78, 5) is 0. The third kappa shape index (κ3) is 2.65. The monoisotopic (exact) mass is 205 g/mol. The summed E-state index contributed by atoms with van der Waals surface area (Å²) in [6, 6.07) is 5.64. The number of nitrogens with two attached hydrogens (primary N) is 1. The highest BCUT2D eigenvalue weighted by molar-refractivity contribution is 5.52. The van der Waals surface area contributed by atoms with Crippen molar-refractivity contribution in [3.8, 4) is 5.75 Å². The van der Waals surface area contributed by atoms with Crippen molar-refractivity contribution in [2.45, 2.75) is 38.5 Å². The molecule has 1 saturated carbocycles. The van der Waals surface area contributed by atoms with Gasteiger partial charge in [0.15, 0.2) is 0 Å². The maximum Gasteiger partial charge on any atom is 0.138 e. The van der Waals surface area contributed by atoms with Crippen LogP contribution in [-0.2, 0) is 6.42 Å². The molecule has 82 valence electrons. The summed E-state index contributed by atoms with van der Waals surface area (Å²) >= 11 is 0. The number of hydrogen-bond acceptors (Lipinski definition) is 2. The molecule has 0 aliphatic heterocycles. The van der Waals surface area contributed by atoms with Crippen molar-refractivity contribution in [3.63, 3.8) is 0 Å². The smallest absolute Gasteiger partial charge is 0.138 e. The summed E-state index contributed by atoms with van der Waals surface area (Å²) in [5.74, 6) is 1.03. The average molecular weight is 205 g/mol. The summed E-state index contributed by atoms with van der Waals surface area (Å²) in [5, 5.41) is 9.50. The molecule has 2 heteroatoms. The van der Waals surface area contributed by atoms with Gasteiger partial charge in [-0.3, -0.25) is 0 Å². The predicted octanol–water partition coefficient (Wildman–Crippen LogP) is 3.10. The maximum atomic E-state index is 9.50. The van der Waals surface area contributed by atoms with Gasteiger partial charge in [-0.1, -0.05) is 38.2 Å². The lowest BCUT2D eigenvalue weighted by atomic mass is 9.85. The van der Waals surface area contributed by atoms with E-state index in [1.807, 2.05) is 12.1 Å². The molecular formula is C13H19NO. The standard InChI is InChI=1S/C13H19NO/c14-12-7-6-11(9-13(12)15)8-10-4-2-1-3-5-10/h6-7,9-10,15H,1-5,8,14H2. The van der Waals surface area contributed by atoms with Crippen LogP contribution < -0.4 is 5.73 Å². The third-order valence-corrected chi connectivity index (χ3v) is 3.34. The summed E-state index contributed by atoms with van der Waals surface area (Å²) in [6.07, 6.45) is 7.89. The Morgan fingerprint density at radius 2 is 1.93 bits per heavy atom. The van der Waals surface area contributed by atoms with Crippen LogP contribution in [0.15, 0.2) is 18.2 Å². The van der Waals surface area contributed by atoms with E-state index in [-0.39, 0.29) is 5.75 Å². The van der Waals surface area contributed by atoms with Crippen LogP contribution in [0.3, 0.4) is 0 Å². The first-order valence-electron chi connectivity index (χ1n) is 5.83. The molecule has 1 aliphatic carbocycles. The molecule has 0 amide bonds. The van der Waals surface area contributed by atoms with E-state index in [4.69, 9.17) is 5.73 Å². The van der Waals surface area contributed by atoms with Gasteiger partial charge in [-0.25, -0.2) is 0 Å². The minimum absolute atomic E-state index is 0.225. The van der Waals surface area contributed by atoms with Gasteiger partial charge < -0.3 is 10.8 Å². The van der Waals surface area contributed by atoms with Crippen LogP contribution in [0, 0.1) is 5.92 Å². The van der Waals surface area contributed by atoms with E-state index in [9.17, 15) is 5.11 Å². The van der Waals surface area contributed by atoms with E-state index in [2.05, 4.69) is 0 Å². The fraction of sp³-hybridized carbons (Fsp3) is 0.538. The van der Waals surface area contributed by atoms with Crippen molar-refractivity contribution in [3.05, 3.63) is 23.8 Å². The molecule has 0 unspecified atom stereocenters. The van der Waals surface area contributed by atoms with Gasteiger partial charge in [-0.15, -0.1) is 0 Å². The largest absolute Gasteiger partial charge is 0.506 e. The zero-order valence-corrected chi connectivity index (χ0v) is 9.08. The highest BCUT2D eigenvalue weighted by Crippen LogP contribution is 2.29. The van der Waals surface area contributed by atoms with Gasteiger partial charge in [-0.05, 0) is 30.0 Å². The van der Waals surface area contributed by atoms with Crippen LogP contribution in [0.25, 0.3) is 0 Å². The SMILES string of the molecule is Nc1ccc(CC2CCCCC2)cc1O. The second-order valence-electron chi connectivity index (χ2n) is 4.60. The number of rotatable bonds is 2. The van der Waals surface area contributed by atoms with Crippen LogP contribution in [0.1, 0.15) is 37.7 Å². The molecule has 2 nitrogen and oxygen atoms in total. The van der Waals surface area contributed by atoms with Crippen LogP contribution >= 0.6 is 0 Å². The number of anilines is 1. The Balaban J connectivity index is 2.00. The summed E-state index contributed by atoms with van der Waals surface area (Å²) in [6.45, 7) is 0. The minimum Gasteiger partial charge on any atom is -0.506 e.